The summed E-state index contributed by atoms with van der Waals surface area (Å²) in [5.74, 6) is 0.101. The molecule has 0 atom stereocenters. The second kappa shape index (κ2) is 9.40. The molecule has 0 aromatic heterocycles. The third-order valence-electron chi connectivity index (χ3n) is 5.04. The van der Waals surface area contributed by atoms with Gasteiger partial charge in [-0.2, -0.15) is 0 Å². The van der Waals surface area contributed by atoms with E-state index in [9.17, 15) is 14.4 Å². The van der Waals surface area contributed by atoms with Gasteiger partial charge in [-0.1, -0.05) is 35.9 Å². The molecule has 0 aliphatic carbocycles. The summed E-state index contributed by atoms with van der Waals surface area (Å²) in [6.07, 6.45) is 1.55. The predicted octanol–water partition coefficient (Wildman–Crippen LogP) is 4.34. The summed E-state index contributed by atoms with van der Waals surface area (Å²) >= 11 is 0. The van der Waals surface area contributed by atoms with Gasteiger partial charge in [-0.25, -0.2) is 0 Å². The predicted molar refractivity (Wildman–Crippen MR) is 124 cm³/mol. The van der Waals surface area contributed by atoms with Crippen molar-refractivity contribution in [2.75, 3.05) is 12.1 Å². The molecule has 3 aromatic rings. The van der Waals surface area contributed by atoms with Crippen molar-refractivity contribution in [2.24, 2.45) is 0 Å². The topological polar surface area (TPSA) is 93.7 Å². The van der Waals surface area contributed by atoms with E-state index in [-0.39, 0.29) is 18.3 Å². The molecule has 0 spiro atoms. The molecular weight excluding hydrogens is 420 g/mol. The maximum Gasteiger partial charge on any atom is 0.272 e. The molecule has 0 saturated heterocycles. The van der Waals surface area contributed by atoms with E-state index in [0.29, 0.717) is 33.9 Å². The van der Waals surface area contributed by atoms with Gasteiger partial charge in [0.15, 0.2) is 17.3 Å². The van der Waals surface area contributed by atoms with Crippen molar-refractivity contribution in [3.63, 3.8) is 0 Å². The van der Waals surface area contributed by atoms with Gasteiger partial charge in [-0.05, 0) is 61.9 Å². The number of benzene rings is 3. The second-order valence-electron chi connectivity index (χ2n) is 7.58. The number of ketones is 1. The first kappa shape index (κ1) is 21.8. The monoisotopic (exact) mass is 442 g/mol. The van der Waals surface area contributed by atoms with Crippen LogP contribution < -0.4 is 20.1 Å². The number of hydrogen-bond donors (Lipinski definition) is 2. The first-order chi connectivity index (χ1) is 15.9. The van der Waals surface area contributed by atoms with E-state index < -0.39 is 11.8 Å². The Labute approximate surface area is 191 Å². The number of fused-ring (bicyclic) bond motifs is 1. The van der Waals surface area contributed by atoms with Crippen LogP contribution in [0.3, 0.4) is 0 Å². The third-order valence-corrected chi connectivity index (χ3v) is 5.04. The lowest BCUT2D eigenvalue weighted by molar-refractivity contribution is -0.113. The molecule has 0 fully saturated rings. The number of hydrogen-bond acceptors (Lipinski definition) is 5. The quantitative estimate of drug-likeness (QED) is 0.438. The summed E-state index contributed by atoms with van der Waals surface area (Å²) < 4.78 is 10.7. The van der Waals surface area contributed by atoms with E-state index in [2.05, 4.69) is 10.6 Å². The summed E-state index contributed by atoms with van der Waals surface area (Å²) in [6, 6.07) is 18.9. The number of rotatable bonds is 6. The van der Waals surface area contributed by atoms with E-state index in [1.54, 1.807) is 60.7 Å². The highest BCUT2D eigenvalue weighted by atomic mass is 16.7. The van der Waals surface area contributed by atoms with Crippen molar-refractivity contribution in [3.05, 3.63) is 94.7 Å². The Hall–Kier alpha value is -4.39. The van der Waals surface area contributed by atoms with E-state index in [0.717, 1.165) is 5.56 Å². The minimum absolute atomic E-state index is 0.0349. The van der Waals surface area contributed by atoms with Gasteiger partial charge in [0.2, 0.25) is 6.79 Å². The van der Waals surface area contributed by atoms with Gasteiger partial charge in [-0.15, -0.1) is 0 Å². The smallest absolute Gasteiger partial charge is 0.272 e. The van der Waals surface area contributed by atoms with Gasteiger partial charge in [-0.3, -0.25) is 14.4 Å². The third kappa shape index (κ3) is 5.27. The molecule has 0 saturated carbocycles. The van der Waals surface area contributed by atoms with Gasteiger partial charge >= 0.3 is 0 Å². The molecule has 1 heterocycles. The molecule has 0 radical (unpaired) electrons. The molecule has 2 N–H and O–H groups in total. The number of aryl methyl sites for hydroxylation is 1. The SMILES string of the molecule is CC(=O)c1cccc(NC(=O)/C(=C\c2ccc3c(c2)OCO3)NC(=O)c2ccc(C)cc2)c1. The van der Waals surface area contributed by atoms with Crippen molar-refractivity contribution in [1.82, 2.24) is 5.32 Å². The zero-order chi connectivity index (χ0) is 23.4. The molecule has 4 rings (SSSR count). The number of amides is 2. The average molecular weight is 442 g/mol. The Kier molecular flexibility index (Phi) is 6.22. The minimum atomic E-state index is -0.533. The van der Waals surface area contributed by atoms with Crippen LogP contribution in [0.1, 0.15) is 38.8 Å². The molecule has 1 aliphatic rings. The summed E-state index contributed by atoms with van der Waals surface area (Å²) in [4.78, 5) is 37.6. The van der Waals surface area contributed by atoms with Crippen molar-refractivity contribution in [3.8, 4) is 11.5 Å². The highest BCUT2D eigenvalue weighted by Crippen LogP contribution is 2.33. The molecule has 2 amide bonds. The van der Waals surface area contributed by atoms with Crippen LogP contribution in [0.2, 0.25) is 0 Å². The maximum absolute atomic E-state index is 13.1. The van der Waals surface area contributed by atoms with Crippen molar-refractivity contribution >= 4 is 29.4 Å². The molecule has 166 valence electrons. The Morgan fingerprint density at radius 1 is 0.879 bits per heavy atom. The summed E-state index contributed by atoms with van der Waals surface area (Å²) in [6.45, 7) is 3.51. The first-order valence-corrected chi connectivity index (χ1v) is 10.3. The van der Waals surface area contributed by atoms with Crippen molar-refractivity contribution in [1.29, 1.82) is 0 Å². The zero-order valence-corrected chi connectivity index (χ0v) is 18.2. The number of Topliss-reactive ketones (excluding diaryl/α,β-unsaturated/α-hetero) is 1. The van der Waals surface area contributed by atoms with Gasteiger partial charge < -0.3 is 20.1 Å². The molecule has 1 aliphatic heterocycles. The van der Waals surface area contributed by atoms with E-state index >= 15 is 0 Å². The number of carbonyl (C=O) groups excluding carboxylic acids is 3. The standard InChI is InChI=1S/C26H22N2O5/c1-16-6-9-19(10-7-16)25(30)28-22(12-18-8-11-23-24(13-18)33-15-32-23)26(31)27-21-5-3-4-20(14-21)17(2)29/h3-14H,15H2,1-2H3,(H,27,31)(H,28,30)/b22-12+. The lowest BCUT2D eigenvalue weighted by Gasteiger charge is -2.12. The van der Waals surface area contributed by atoms with E-state index in [4.69, 9.17) is 9.47 Å². The molecule has 3 aromatic carbocycles. The Morgan fingerprint density at radius 3 is 2.39 bits per heavy atom. The molecule has 7 nitrogen and oxygen atoms in total. The summed E-state index contributed by atoms with van der Waals surface area (Å²) in [5.41, 5.74) is 3.03. The van der Waals surface area contributed by atoms with E-state index in [1.165, 1.54) is 6.92 Å². The molecule has 33 heavy (non-hydrogen) atoms. The Morgan fingerprint density at radius 2 is 1.64 bits per heavy atom. The zero-order valence-electron chi connectivity index (χ0n) is 18.2. The Balaban J connectivity index is 1.63. The summed E-state index contributed by atoms with van der Waals surface area (Å²) in [7, 11) is 0. The second-order valence-corrected chi connectivity index (χ2v) is 7.58. The van der Waals surface area contributed by atoms with Crippen LogP contribution in [0.25, 0.3) is 6.08 Å². The highest BCUT2D eigenvalue weighted by molar-refractivity contribution is 6.11. The number of ether oxygens (including phenoxy) is 2. The fourth-order valence-electron chi connectivity index (χ4n) is 3.24. The molecule has 0 unspecified atom stereocenters. The van der Waals surface area contributed by atoms with Crippen LogP contribution in [-0.2, 0) is 4.79 Å². The number of anilines is 1. The lowest BCUT2D eigenvalue weighted by Crippen LogP contribution is -2.30. The van der Waals surface area contributed by atoms with Crippen molar-refractivity contribution < 1.29 is 23.9 Å². The molecular formula is C26H22N2O5. The molecule has 0 bridgehead atoms. The van der Waals surface area contributed by atoms with Crippen LogP contribution in [-0.4, -0.2) is 24.4 Å². The van der Waals surface area contributed by atoms with Crippen LogP contribution in [0.4, 0.5) is 5.69 Å². The van der Waals surface area contributed by atoms with Gasteiger partial charge in [0.1, 0.15) is 5.70 Å². The van der Waals surface area contributed by atoms with Crippen LogP contribution >= 0.6 is 0 Å². The largest absolute Gasteiger partial charge is 0.454 e. The fraction of sp³-hybridized carbons (Fsp3) is 0.115. The maximum atomic E-state index is 13.1. The minimum Gasteiger partial charge on any atom is -0.454 e. The molecule has 7 heteroatoms. The van der Waals surface area contributed by atoms with Crippen molar-refractivity contribution in [2.45, 2.75) is 13.8 Å². The lowest BCUT2D eigenvalue weighted by atomic mass is 10.1. The number of carbonyl (C=O) groups is 3. The fourth-order valence-corrected chi connectivity index (χ4v) is 3.24. The Bertz CT molecular complexity index is 1260. The van der Waals surface area contributed by atoms with Gasteiger partial charge in [0.05, 0.1) is 0 Å². The average Bonchev–Trinajstić information content (AvgIpc) is 3.27. The number of nitrogens with one attached hydrogen (secondary N) is 2. The summed E-state index contributed by atoms with van der Waals surface area (Å²) in [5, 5.41) is 5.44. The normalized spacial score (nSPS) is 12.2. The van der Waals surface area contributed by atoms with Crippen LogP contribution in [0, 0.1) is 6.92 Å². The van der Waals surface area contributed by atoms with Gasteiger partial charge in [0, 0.05) is 16.8 Å². The highest BCUT2D eigenvalue weighted by Gasteiger charge is 2.17. The van der Waals surface area contributed by atoms with Crippen LogP contribution in [0.15, 0.2) is 72.4 Å². The first-order valence-electron chi connectivity index (χ1n) is 10.3. The van der Waals surface area contributed by atoms with Crippen LogP contribution in [0.5, 0.6) is 11.5 Å². The van der Waals surface area contributed by atoms with Gasteiger partial charge in [0.25, 0.3) is 11.8 Å². The van der Waals surface area contributed by atoms with E-state index in [1.807, 2.05) is 19.1 Å².